The average Bonchev–Trinajstić information content (AvgIpc) is 2.05. The molecule has 1 aromatic heterocycles. The van der Waals surface area contributed by atoms with Gasteiger partial charge in [0, 0.05) is 0 Å². The van der Waals surface area contributed by atoms with Crippen LogP contribution in [0.4, 0.5) is 0 Å². The van der Waals surface area contributed by atoms with Crippen molar-refractivity contribution in [3.63, 3.8) is 0 Å². The molecule has 0 bridgehead atoms. The second-order valence-corrected chi connectivity index (χ2v) is 3.37. The SMILES string of the molecule is CCc1ncnc(CC)c1I. The first-order chi connectivity index (χ1) is 5.29. The van der Waals surface area contributed by atoms with E-state index in [1.54, 1.807) is 6.33 Å². The molecule has 0 atom stereocenters. The van der Waals surface area contributed by atoms with E-state index < -0.39 is 0 Å². The Morgan fingerprint density at radius 1 is 1.18 bits per heavy atom. The van der Waals surface area contributed by atoms with Crippen molar-refractivity contribution < 1.29 is 0 Å². The van der Waals surface area contributed by atoms with Crippen molar-refractivity contribution in [3.8, 4) is 0 Å². The van der Waals surface area contributed by atoms with E-state index in [4.69, 9.17) is 0 Å². The first-order valence-electron chi connectivity index (χ1n) is 3.77. The molecule has 1 aromatic rings. The van der Waals surface area contributed by atoms with Gasteiger partial charge in [-0.25, -0.2) is 9.97 Å². The molecule has 0 amide bonds. The van der Waals surface area contributed by atoms with Crippen LogP contribution in [0.25, 0.3) is 0 Å². The maximum absolute atomic E-state index is 4.19. The van der Waals surface area contributed by atoms with Gasteiger partial charge in [-0.05, 0) is 35.4 Å². The van der Waals surface area contributed by atoms with Crippen LogP contribution in [0.15, 0.2) is 6.33 Å². The summed E-state index contributed by atoms with van der Waals surface area (Å²) in [5.41, 5.74) is 2.33. The molecule has 0 unspecified atom stereocenters. The fourth-order valence-electron chi connectivity index (χ4n) is 0.941. The summed E-state index contributed by atoms with van der Waals surface area (Å²) in [6.45, 7) is 4.23. The molecule has 11 heavy (non-hydrogen) atoms. The Bertz CT molecular complexity index is 226. The minimum Gasteiger partial charge on any atom is -0.240 e. The minimum absolute atomic E-state index is 0.994. The van der Waals surface area contributed by atoms with Crippen LogP contribution in [0.3, 0.4) is 0 Å². The maximum Gasteiger partial charge on any atom is 0.116 e. The van der Waals surface area contributed by atoms with Gasteiger partial charge in [-0.1, -0.05) is 13.8 Å². The van der Waals surface area contributed by atoms with Crippen LogP contribution in [0.5, 0.6) is 0 Å². The van der Waals surface area contributed by atoms with Crippen molar-refractivity contribution in [3.05, 3.63) is 21.3 Å². The molecule has 0 aliphatic rings. The fraction of sp³-hybridized carbons (Fsp3) is 0.500. The molecule has 0 saturated heterocycles. The van der Waals surface area contributed by atoms with Gasteiger partial charge in [0.1, 0.15) is 6.33 Å². The van der Waals surface area contributed by atoms with Gasteiger partial charge in [0.05, 0.1) is 15.0 Å². The lowest BCUT2D eigenvalue weighted by Crippen LogP contribution is -1.99. The molecule has 60 valence electrons. The largest absolute Gasteiger partial charge is 0.240 e. The first kappa shape index (κ1) is 8.90. The van der Waals surface area contributed by atoms with Gasteiger partial charge in [0.15, 0.2) is 0 Å². The van der Waals surface area contributed by atoms with E-state index in [-0.39, 0.29) is 0 Å². The molecule has 3 heteroatoms. The summed E-state index contributed by atoms with van der Waals surface area (Å²) in [7, 11) is 0. The number of rotatable bonds is 2. The predicted octanol–water partition coefficient (Wildman–Crippen LogP) is 2.21. The summed E-state index contributed by atoms with van der Waals surface area (Å²) in [5.74, 6) is 0. The summed E-state index contributed by atoms with van der Waals surface area (Å²) in [4.78, 5) is 8.37. The number of aryl methyl sites for hydroxylation is 2. The van der Waals surface area contributed by atoms with Crippen LogP contribution in [0.1, 0.15) is 25.2 Å². The molecule has 0 aliphatic carbocycles. The van der Waals surface area contributed by atoms with Gasteiger partial charge in [-0.15, -0.1) is 0 Å². The second-order valence-electron chi connectivity index (χ2n) is 2.29. The maximum atomic E-state index is 4.19. The topological polar surface area (TPSA) is 25.8 Å². The zero-order chi connectivity index (χ0) is 8.27. The third-order valence-electron chi connectivity index (χ3n) is 1.60. The molecule has 0 fully saturated rings. The van der Waals surface area contributed by atoms with Crippen molar-refractivity contribution in [2.45, 2.75) is 26.7 Å². The highest BCUT2D eigenvalue weighted by molar-refractivity contribution is 14.1. The molecule has 0 radical (unpaired) electrons. The summed E-state index contributed by atoms with van der Waals surface area (Å²) >= 11 is 2.32. The van der Waals surface area contributed by atoms with Crippen LogP contribution in [-0.4, -0.2) is 9.97 Å². The Labute approximate surface area is 80.6 Å². The number of hydrogen-bond donors (Lipinski definition) is 0. The van der Waals surface area contributed by atoms with E-state index in [0.717, 1.165) is 24.2 Å². The summed E-state index contributed by atoms with van der Waals surface area (Å²) in [6, 6.07) is 0. The van der Waals surface area contributed by atoms with Crippen molar-refractivity contribution in [2.24, 2.45) is 0 Å². The van der Waals surface area contributed by atoms with Crippen LogP contribution in [0, 0.1) is 3.57 Å². The quantitative estimate of drug-likeness (QED) is 0.763. The van der Waals surface area contributed by atoms with Crippen molar-refractivity contribution >= 4 is 22.6 Å². The zero-order valence-corrected chi connectivity index (χ0v) is 8.92. The standard InChI is InChI=1S/C8H11IN2/c1-3-6-8(9)7(4-2)11-5-10-6/h5H,3-4H2,1-2H3. The summed E-state index contributed by atoms with van der Waals surface area (Å²) in [6.07, 6.45) is 3.64. The summed E-state index contributed by atoms with van der Waals surface area (Å²) in [5, 5.41) is 0. The van der Waals surface area contributed by atoms with E-state index in [2.05, 4.69) is 46.4 Å². The van der Waals surface area contributed by atoms with E-state index in [0.29, 0.717) is 0 Å². The van der Waals surface area contributed by atoms with Crippen molar-refractivity contribution in [2.75, 3.05) is 0 Å². The minimum atomic E-state index is 0.994. The van der Waals surface area contributed by atoms with E-state index in [9.17, 15) is 0 Å². The number of halogens is 1. The molecule has 0 saturated carbocycles. The first-order valence-corrected chi connectivity index (χ1v) is 4.85. The molecule has 2 nitrogen and oxygen atoms in total. The van der Waals surface area contributed by atoms with Crippen LogP contribution in [0.2, 0.25) is 0 Å². The van der Waals surface area contributed by atoms with Gasteiger partial charge in [-0.2, -0.15) is 0 Å². The Morgan fingerprint density at radius 3 is 2.00 bits per heavy atom. The molecular formula is C8H11IN2. The Hall–Kier alpha value is -0.190. The lowest BCUT2D eigenvalue weighted by molar-refractivity contribution is 0.916. The fourth-order valence-corrected chi connectivity index (χ4v) is 1.98. The normalized spacial score (nSPS) is 10.1. The molecule has 0 aliphatic heterocycles. The molecule has 0 N–H and O–H groups in total. The Morgan fingerprint density at radius 2 is 1.64 bits per heavy atom. The predicted molar refractivity (Wildman–Crippen MR) is 53.5 cm³/mol. The van der Waals surface area contributed by atoms with Crippen molar-refractivity contribution in [1.29, 1.82) is 0 Å². The lowest BCUT2D eigenvalue weighted by Gasteiger charge is -2.02. The number of aromatic nitrogens is 2. The monoisotopic (exact) mass is 262 g/mol. The number of hydrogen-bond acceptors (Lipinski definition) is 2. The van der Waals surface area contributed by atoms with Crippen LogP contribution >= 0.6 is 22.6 Å². The molecule has 0 spiro atoms. The van der Waals surface area contributed by atoms with E-state index in [1.165, 1.54) is 3.57 Å². The van der Waals surface area contributed by atoms with Gasteiger partial charge in [0.25, 0.3) is 0 Å². The van der Waals surface area contributed by atoms with E-state index >= 15 is 0 Å². The second kappa shape index (κ2) is 3.99. The molecular weight excluding hydrogens is 251 g/mol. The lowest BCUT2D eigenvalue weighted by atomic mass is 10.2. The number of nitrogens with zero attached hydrogens (tertiary/aromatic N) is 2. The Kier molecular flexibility index (Phi) is 3.23. The highest BCUT2D eigenvalue weighted by Gasteiger charge is 2.03. The smallest absolute Gasteiger partial charge is 0.116 e. The molecule has 0 aromatic carbocycles. The van der Waals surface area contributed by atoms with Gasteiger partial charge in [-0.3, -0.25) is 0 Å². The highest BCUT2D eigenvalue weighted by Crippen LogP contribution is 2.13. The molecule has 1 heterocycles. The average molecular weight is 262 g/mol. The molecule has 1 rings (SSSR count). The van der Waals surface area contributed by atoms with Gasteiger partial charge >= 0.3 is 0 Å². The third-order valence-corrected chi connectivity index (χ3v) is 2.85. The van der Waals surface area contributed by atoms with E-state index in [1.807, 2.05) is 0 Å². The van der Waals surface area contributed by atoms with Gasteiger partial charge < -0.3 is 0 Å². The zero-order valence-electron chi connectivity index (χ0n) is 6.76. The van der Waals surface area contributed by atoms with Crippen LogP contribution < -0.4 is 0 Å². The van der Waals surface area contributed by atoms with Gasteiger partial charge in [0.2, 0.25) is 0 Å². The third kappa shape index (κ3) is 1.89. The van der Waals surface area contributed by atoms with Crippen LogP contribution in [-0.2, 0) is 12.8 Å². The summed E-state index contributed by atoms with van der Waals surface area (Å²) < 4.78 is 1.23. The van der Waals surface area contributed by atoms with Crippen molar-refractivity contribution in [1.82, 2.24) is 9.97 Å². The Balaban J connectivity index is 3.10. The highest BCUT2D eigenvalue weighted by atomic mass is 127.